The Labute approximate surface area is 115 Å². The Morgan fingerprint density at radius 3 is 3.00 bits per heavy atom. The van der Waals surface area contributed by atoms with Crippen LogP contribution in [0, 0.1) is 6.92 Å². The summed E-state index contributed by atoms with van der Waals surface area (Å²) >= 11 is 0. The minimum absolute atomic E-state index is 0.000833. The SMILES string of the molecule is CCCN1C(=O)CCCC(N)C1c1cnccc1C. The third-order valence-electron chi connectivity index (χ3n) is 3.85. The number of aromatic nitrogens is 1. The fourth-order valence-corrected chi connectivity index (χ4v) is 2.87. The summed E-state index contributed by atoms with van der Waals surface area (Å²) in [5, 5.41) is 0. The molecule has 0 spiro atoms. The van der Waals surface area contributed by atoms with Crippen LogP contribution in [-0.4, -0.2) is 28.4 Å². The van der Waals surface area contributed by atoms with Crippen LogP contribution in [0.25, 0.3) is 0 Å². The van der Waals surface area contributed by atoms with Gasteiger partial charge in [-0.25, -0.2) is 0 Å². The molecule has 2 atom stereocenters. The van der Waals surface area contributed by atoms with Crippen molar-refractivity contribution in [3.8, 4) is 0 Å². The predicted molar refractivity (Wildman–Crippen MR) is 75.5 cm³/mol. The number of carbonyl (C=O) groups excluding carboxylic acids is 1. The van der Waals surface area contributed by atoms with E-state index in [0.29, 0.717) is 6.42 Å². The molecule has 1 fully saturated rings. The molecule has 2 heterocycles. The lowest BCUT2D eigenvalue weighted by molar-refractivity contribution is -0.133. The van der Waals surface area contributed by atoms with Crippen molar-refractivity contribution in [2.24, 2.45) is 5.73 Å². The maximum Gasteiger partial charge on any atom is 0.223 e. The van der Waals surface area contributed by atoms with Crippen LogP contribution in [-0.2, 0) is 4.79 Å². The molecule has 0 aliphatic carbocycles. The van der Waals surface area contributed by atoms with E-state index < -0.39 is 0 Å². The molecule has 4 nitrogen and oxygen atoms in total. The van der Waals surface area contributed by atoms with Gasteiger partial charge in [-0.1, -0.05) is 6.92 Å². The first kappa shape index (κ1) is 14.0. The second-order valence-corrected chi connectivity index (χ2v) is 5.32. The normalized spacial score (nSPS) is 24.4. The van der Waals surface area contributed by atoms with Crippen molar-refractivity contribution in [1.82, 2.24) is 9.88 Å². The summed E-state index contributed by atoms with van der Waals surface area (Å²) in [5.41, 5.74) is 8.60. The molecule has 1 aromatic rings. The van der Waals surface area contributed by atoms with E-state index in [1.165, 1.54) is 0 Å². The second kappa shape index (κ2) is 6.15. The number of likely N-dealkylation sites (tertiary alicyclic amines) is 1. The number of nitrogens with zero attached hydrogens (tertiary/aromatic N) is 2. The van der Waals surface area contributed by atoms with Crippen LogP contribution in [0.5, 0.6) is 0 Å². The zero-order chi connectivity index (χ0) is 13.8. The third kappa shape index (κ3) is 2.95. The molecule has 1 aliphatic heterocycles. The largest absolute Gasteiger partial charge is 0.334 e. The van der Waals surface area contributed by atoms with Crippen LogP contribution < -0.4 is 5.73 Å². The van der Waals surface area contributed by atoms with Gasteiger partial charge in [-0.2, -0.15) is 0 Å². The number of rotatable bonds is 3. The second-order valence-electron chi connectivity index (χ2n) is 5.32. The Kier molecular flexibility index (Phi) is 4.53. The number of pyridine rings is 1. The molecule has 0 saturated carbocycles. The van der Waals surface area contributed by atoms with Crippen LogP contribution in [0.4, 0.5) is 0 Å². The van der Waals surface area contributed by atoms with Crippen LogP contribution in [0.1, 0.15) is 49.8 Å². The molecular formula is C15H23N3O. The van der Waals surface area contributed by atoms with Gasteiger partial charge in [0.15, 0.2) is 0 Å². The van der Waals surface area contributed by atoms with Gasteiger partial charge in [0.1, 0.15) is 0 Å². The molecule has 1 aliphatic rings. The molecule has 0 aromatic carbocycles. The van der Waals surface area contributed by atoms with Crippen LogP contribution >= 0.6 is 0 Å². The van der Waals surface area contributed by atoms with Crippen molar-refractivity contribution in [1.29, 1.82) is 0 Å². The first-order valence-electron chi connectivity index (χ1n) is 7.10. The molecule has 0 bridgehead atoms. The van der Waals surface area contributed by atoms with Gasteiger partial charge in [0.2, 0.25) is 5.91 Å². The van der Waals surface area contributed by atoms with E-state index in [1.54, 1.807) is 6.20 Å². The van der Waals surface area contributed by atoms with E-state index in [-0.39, 0.29) is 18.0 Å². The molecule has 1 aromatic heterocycles. The van der Waals surface area contributed by atoms with Crippen molar-refractivity contribution < 1.29 is 4.79 Å². The maximum absolute atomic E-state index is 12.3. The number of nitrogens with two attached hydrogens (primary N) is 1. The number of carbonyl (C=O) groups is 1. The van der Waals surface area contributed by atoms with E-state index in [9.17, 15) is 4.79 Å². The summed E-state index contributed by atoms with van der Waals surface area (Å²) in [4.78, 5) is 18.5. The highest BCUT2D eigenvalue weighted by Crippen LogP contribution is 2.31. The van der Waals surface area contributed by atoms with Gasteiger partial charge in [0.05, 0.1) is 6.04 Å². The van der Waals surface area contributed by atoms with Crippen molar-refractivity contribution in [3.05, 3.63) is 29.6 Å². The lowest BCUT2D eigenvalue weighted by Gasteiger charge is -2.34. The molecule has 1 amide bonds. The molecule has 104 valence electrons. The standard InChI is InChI=1S/C15H23N3O/c1-3-9-18-14(19)6-4-5-13(16)15(18)12-10-17-8-7-11(12)2/h7-8,10,13,15H,3-6,9,16H2,1-2H3. The smallest absolute Gasteiger partial charge is 0.223 e. The molecule has 0 radical (unpaired) electrons. The maximum atomic E-state index is 12.3. The van der Waals surface area contributed by atoms with Gasteiger partial charge >= 0.3 is 0 Å². The first-order valence-corrected chi connectivity index (χ1v) is 7.10. The Morgan fingerprint density at radius 1 is 1.53 bits per heavy atom. The highest BCUT2D eigenvalue weighted by Gasteiger charge is 2.33. The quantitative estimate of drug-likeness (QED) is 0.907. The van der Waals surface area contributed by atoms with Gasteiger partial charge in [-0.3, -0.25) is 9.78 Å². The number of amides is 1. The van der Waals surface area contributed by atoms with Gasteiger partial charge in [-0.15, -0.1) is 0 Å². The predicted octanol–water partition coefficient (Wildman–Crippen LogP) is 2.18. The van der Waals surface area contributed by atoms with Crippen molar-refractivity contribution in [3.63, 3.8) is 0 Å². The summed E-state index contributed by atoms with van der Waals surface area (Å²) in [7, 11) is 0. The average molecular weight is 261 g/mol. The fraction of sp³-hybridized carbons (Fsp3) is 0.600. The minimum Gasteiger partial charge on any atom is -0.334 e. The Hall–Kier alpha value is -1.42. The molecule has 1 saturated heterocycles. The summed E-state index contributed by atoms with van der Waals surface area (Å²) in [6, 6.07) is 1.96. The highest BCUT2D eigenvalue weighted by molar-refractivity contribution is 5.77. The highest BCUT2D eigenvalue weighted by atomic mass is 16.2. The van der Waals surface area contributed by atoms with Crippen molar-refractivity contribution in [2.45, 2.75) is 51.6 Å². The van der Waals surface area contributed by atoms with Gasteiger partial charge in [0, 0.05) is 31.4 Å². The van der Waals surface area contributed by atoms with Gasteiger partial charge < -0.3 is 10.6 Å². The molecular weight excluding hydrogens is 238 g/mol. The molecule has 19 heavy (non-hydrogen) atoms. The minimum atomic E-state index is -0.0244. The monoisotopic (exact) mass is 261 g/mol. The van der Waals surface area contributed by atoms with Gasteiger partial charge in [-0.05, 0) is 43.4 Å². The molecule has 2 rings (SSSR count). The lowest BCUT2D eigenvalue weighted by Crippen LogP contribution is -2.42. The zero-order valence-corrected chi connectivity index (χ0v) is 11.8. The Bertz CT molecular complexity index is 447. The van der Waals surface area contributed by atoms with Crippen LogP contribution in [0.2, 0.25) is 0 Å². The lowest BCUT2D eigenvalue weighted by atomic mass is 9.94. The van der Waals surface area contributed by atoms with E-state index in [2.05, 4.69) is 18.8 Å². The first-order chi connectivity index (χ1) is 9.15. The topological polar surface area (TPSA) is 59.2 Å². The van der Waals surface area contributed by atoms with E-state index in [1.807, 2.05) is 17.2 Å². The number of aryl methyl sites for hydroxylation is 1. The molecule has 2 N–H and O–H groups in total. The summed E-state index contributed by atoms with van der Waals surface area (Å²) in [5.74, 6) is 0.225. The summed E-state index contributed by atoms with van der Waals surface area (Å²) < 4.78 is 0. The van der Waals surface area contributed by atoms with Crippen LogP contribution in [0.3, 0.4) is 0 Å². The zero-order valence-electron chi connectivity index (χ0n) is 11.8. The Morgan fingerprint density at radius 2 is 2.32 bits per heavy atom. The number of hydrogen-bond acceptors (Lipinski definition) is 3. The third-order valence-corrected chi connectivity index (χ3v) is 3.85. The Balaban J connectivity index is 2.40. The van der Waals surface area contributed by atoms with Gasteiger partial charge in [0.25, 0.3) is 0 Å². The number of hydrogen-bond donors (Lipinski definition) is 1. The molecule has 2 unspecified atom stereocenters. The van der Waals surface area contributed by atoms with Crippen molar-refractivity contribution >= 4 is 5.91 Å². The van der Waals surface area contributed by atoms with Crippen LogP contribution in [0.15, 0.2) is 18.5 Å². The van der Waals surface area contributed by atoms with Crippen molar-refractivity contribution in [2.75, 3.05) is 6.54 Å². The molecule has 4 heteroatoms. The van der Waals surface area contributed by atoms with E-state index in [4.69, 9.17) is 5.73 Å². The summed E-state index contributed by atoms with van der Waals surface area (Å²) in [6.07, 6.45) is 6.99. The average Bonchev–Trinajstić information content (AvgIpc) is 2.52. The fourth-order valence-electron chi connectivity index (χ4n) is 2.87. The van der Waals surface area contributed by atoms with E-state index in [0.717, 1.165) is 36.9 Å². The van der Waals surface area contributed by atoms with E-state index >= 15 is 0 Å². The summed E-state index contributed by atoms with van der Waals surface area (Å²) in [6.45, 7) is 4.92.